The van der Waals surface area contributed by atoms with E-state index in [9.17, 15) is 18.0 Å². The number of nitrogens with zero attached hydrogens (tertiary/aromatic N) is 1. The summed E-state index contributed by atoms with van der Waals surface area (Å²) in [6, 6.07) is 9.63. The van der Waals surface area contributed by atoms with Gasteiger partial charge in [0.1, 0.15) is 5.75 Å². The summed E-state index contributed by atoms with van der Waals surface area (Å²) in [5.41, 5.74) is 0.673. The van der Waals surface area contributed by atoms with Crippen LogP contribution in [0.3, 0.4) is 0 Å². The minimum atomic E-state index is -4.42. The van der Waals surface area contributed by atoms with Gasteiger partial charge in [0, 0.05) is 29.1 Å². The Bertz CT molecular complexity index is 828. The van der Waals surface area contributed by atoms with Crippen molar-refractivity contribution in [3.05, 3.63) is 53.2 Å². The molecule has 1 fully saturated rings. The van der Waals surface area contributed by atoms with Gasteiger partial charge in [-0.2, -0.15) is 13.2 Å². The highest BCUT2D eigenvalue weighted by Gasteiger charge is 2.43. The smallest absolute Gasteiger partial charge is 0.422 e. The molecular formula is C20H20ClF3N2O3. The number of carbonyl (C=O) groups is 1. The van der Waals surface area contributed by atoms with Gasteiger partial charge >= 0.3 is 6.18 Å². The van der Waals surface area contributed by atoms with Crippen molar-refractivity contribution in [1.29, 1.82) is 0 Å². The molecule has 3 rings (SSSR count). The van der Waals surface area contributed by atoms with Crippen LogP contribution in [0.4, 0.5) is 13.2 Å². The van der Waals surface area contributed by atoms with Crippen LogP contribution in [0.5, 0.6) is 11.6 Å². The molecule has 1 N–H and O–H groups in total. The topological polar surface area (TPSA) is 60.5 Å². The maximum atomic E-state index is 12.4. The summed E-state index contributed by atoms with van der Waals surface area (Å²) in [6.07, 6.45) is -2.28. The molecule has 3 atom stereocenters. The normalized spacial score (nSPS) is 19.3. The van der Waals surface area contributed by atoms with Crippen LogP contribution in [0.15, 0.2) is 42.6 Å². The second-order valence-corrected chi connectivity index (χ2v) is 7.37. The van der Waals surface area contributed by atoms with Gasteiger partial charge in [-0.15, -0.1) is 0 Å². The number of aromatic nitrogens is 1. The van der Waals surface area contributed by atoms with E-state index in [-0.39, 0.29) is 29.7 Å². The van der Waals surface area contributed by atoms with Gasteiger partial charge in [-0.3, -0.25) is 4.79 Å². The van der Waals surface area contributed by atoms with Gasteiger partial charge in [0.25, 0.3) is 0 Å². The van der Waals surface area contributed by atoms with Gasteiger partial charge in [0.2, 0.25) is 11.8 Å². The maximum absolute atomic E-state index is 12.4. The van der Waals surface area contributed by atoms with Crippen molar-refractivity contribution >= 4 is 17.5 Å². The van der Waals surface area contributed by atoms with Crippen LogP contribution in [-0.4, -0.2) is 30.3 Å². The average Bonchev–Trinajstić information content (AvgIpc) is 3.45. The van der Waals surface area contributed by atoms with E-state index >= 15 is 0 Å². The molecule has 0 bridgehead atoms. The number of nitrogens with one attached hydrogen (secondary N) is 1. The Labute approximate surface area is 171 Å². The molecule has 1 saturated carbocycles. The van der Waals surface area contributed by atoms with Crippen molar-refractivity contribution in [2.24, 2.45) is 11.8 Å². The molecule has 1 aromatic carbocycles. The number of hydrogen-bond donors (Lipinski definition) is 1. The second kappa shape index (κ2) is 8.90. The molecule has 1 heterocycles. The van der Waals surface area contributed by atoms with E-state index in [1.807, 2.05) is 0 Å². The molecule has 0 radical (unpaired) electrons. The first-order chi connectivity index (χ1) is 13.7. The SMILES string of the molecule is C[C@@H](NC(=O)C1CC1COc1ccc(Cl)cc1)c1ccc(OCC(F)(F)F)nc1. The van der Waals surface area contributed by atoms with E-state index < -0.39 is 12.8 Å². The maximum Gasteiger partial charge on any atom is 0.422 e. The number of hydrogen-bond acceptors (Lipinski definition) is 4. The number of alkyl halides is 3. The quantitative estimate of drug-likeness (QED) is 0.669. The number of halogens is 4. The number of benzene rings is 1. The van der Waals surface area contributed by atoms with Gasteiger partial charge in [0.05, 0.1) is 12.6 Å². The predicted octanol–water partition coefficient (Wildman–Crippen LogP) is 4.57. The fourth-order valence-corrected chi connectivity index (χ4v) is 2.91. The molecule has 1 aliphatic rings. The lowest BCUT2D eigenvalue weighted by atomic mass is 10.1. The van der Waals surface area contributed by atoms with Crippen molar-refractivity contribution in [3.63, 3.8) is 0 Å². The average molecular weight is 429 g/mol. The van der Waals surface area contributed by atoms with Gasteiger partial charge < -0.3 is 14.8 Å². The lowest BCUT2D eigenvalue weighted by Gasteiger charge is -2.15. The Kier molecular flexibility index (Phi) is 6.52. The number of amides is 1. The van der Waals surface area contributed by atoms with Gasteiger partial charge in [-0.1, -0.05) is 17.7 Å². The van der Waals surface area contributed by atoms with Crippen LogP contribution >= 0.6 is 11.6 Å². The first kappa shape index (κ1) is 21.2. The molecule has 1 aromatic heterocycles. The monoisotopic (exact) mass is 428 g/mol. The third-order valence-corrected chi connectivity index (χ3v) is 4.79. The summed E-state index contributed by atoms with van der Waals surface area (Å²) in [4.78, 5) is 16.2. The molecule has 2 unspecified atom stereocenters. The van der Waals surface area contributed by atoms with Gasteiger partial charge in [0.15, 0.2) is 6.61 Å². The van der Waals surface area contributed by atoms with Crippen LogP contribution in [0.1, 0.15) is 24.9 Å². The van der Waals surface area contributed by atoms with E-state index in [2.05, 4.69) is 15.0 Å². The molecule has 9 heteroatoms. The van der Waals surface area contributed by atoms with Gasteiger partial charge in [-0.05, 0) is 43.2 Å². The zero-order valence-corrected chi connectivity index (χ0v) is 16.3. The highest BCUT2D eigenvalue weighted by atomic mass is 35.5. The van der Waals surface area contributed by atoms with Crippen molar-refractivity contribution in [2.75, 3.05) is 13.2 Å². The molecule has 0 aliphatic heterocycles. The highest BCUT2D eigenvalue weighted by molar-refractivity contribution is 6.30. The summed E-state index contributed by atoms with van der Waals surface area (Å²) in [5.74, 6) is 0.528. The number of rotatable bonds is 8. The zero-order valence-electron chi connectivity index (χ0n) is 15.6. The Morgan fingerprint density at radius 1 is 1.24 bits per heavy atom. The van der Waals surface area contributed by atoms with E-state index in [0.29, 0.717) is 22.9 Å². The minimum Gasteiger partial charge on any atom is -0.493 e. The molecule has 2 aromatic rings. The van der Waals surface area contributed by atoms with Gasteiger partial charge in [-0.25, -0.2) is 4.98 Å². The second-order valence-electron chi connectivity index (χ2n) is 6.93. The molecule has 5 nitrogen and oxygen atoms in total. The molecule has 1 amide bonds. The number of carbonyl (C=O) groups excluding carboxylic acids is 1. The van der Waals surface area contributed by atoms with Crippen LogP contribution in [0.2, 0.25) is 5.02 Å². The standard InChI is InChI=1S/C20H20ClF3N2O3/c1-12(13-2-7-18(25-9-13)29-11-20(22,23)24)26-19(27)17-8-14(17)10-28-16-5-3-15(21)4-6-16/h2-7,9,12,14,17H,8,10-11H2,1H3,(H,26,27)/t12-,14?,17?/m1/s1. The van der Waals surface area contributed by atoms with Crippen LogP contribution in [-0.2, 0) is 4.79 Å². The molecule has 1 aliphatic carbocycles. The fourth-order valence-electron chi connectivity index (χ4n) is 2.78. The van der Waals surface area contributed by atoms with Crippen LogP contribution < -0.4 is 14.8 Å². The first-order valence-corrected chi connectivity index (χ1v) is 9.43. The van der Waals surface area contributed by atoms with E-state index in [1.54, 1.807) is 37.3 Å². The summed E-state index contributed by atoms with van der Waals surface area (Å²) in [7, 11) is 0. The van der Waals surface area contributed by atoms with Crippen molar-refractivity contribution in [3.8, 4) is 11.6 Å². The number of pyridine rings is 1. The third kappa shape index (κ3) is 6.52. The lowest BCUT2D eigenvalue weighted by Crippen LogP contribution is -2.29. The predicted molar refractivity (Wildman–Crippen MR) is 101 cm³/mol. The largest absolute Gasteiger partial charge is 0.493 e. The third-order valence-electron chi connectivity index (χ3n) is 4.54. The highest BCUT2D eigenvalue weighted by Crippen LogP contribution is 2.39. The van der Waals surface area contributed by atoms with E-state index in [0.717, 1.165) is 6.42 Å². The van der Waals surface area contributed by atoms with Crippen molar-refractivity contribution in [1.82, 2.24) is 10.3 Å². The fraction of sp³-hybridized carbons (Fsp3) is 0.400. The summed E-state index contributed by atoms with van der Waals surface area (Å²) in [6.45, 7) is 0.834. The Hall–Kier alpha value is -2.48. The molecule has 156 valence electrons. The Morgan fingerprint density at radius 2 is 1.97 bits per heavy atom. The van der Waals surface area contributed by atoms with Crippen LogP contribution in [0.25, 0.3) is 0 Å². The van der Waals surface area contributed by atoms with E-state index in [4.69, 9.17) is 16.3 Å². The molecular weight excluding hydrogens is 409 g/mol. The molecule has 0 saturated heterocycles. The summed E-state index contributed by atoms with van der Waals surface area (Å²) >= 11 is 5.83. The van der Waals surface area contributed by atoms with Crippen LogP contribution in [0, 0.1) is 11.8 Å². The first-order valence-electron chi connectivity index (χ1n) is 9.05. The van der Waals surface area contributed by atoms with E-state index in [1.165, 1.54) is 12.3 Å². The zero-order chi connectivity index (χ0) is 21.0. The molecule has 29 heavy (non-hydrogen) atoms. The Morgan fingerprint density at radius 3 is 2.59 bits per heavy atom. The lowest BCUT2D eigenvalue weighted by molar-refractivity contribution is -0.154. The summed E-state index contributed by atoms with van der Waals surface area (Å²) in [5, 5.41) is 3.53. The Balaban J connectivity index is 1.43. The molecule has 0 spiro atoms. The van der Waals surface area contributed by atoms with Crippen molar-refractivity contribution < 1.29 is 27.4 Å². The van der Waals surface area contributed by atoms with Crippen molar-refractivity contribution in [2.45, 2.75) is 25.6 Å². The minimum absolute atomic E-state index is 0.0837. The number of ether oxygens (including phenoxy) is 2. The summed E-state index contributed by atoms with van der Waals surface area (Å²) < 4.78 is 46.7.